The fraction of sp³-hybridized carbons (Fsp3) is 0.727. The molecule has 1 unspecified atom stereocenters. The van der Waals surface area contributed by atoms with Crippen LogP contribution in [0.5, 0.6) is 0 Å². The third-order valence-electron chi connectivity index (χ3n) is 6.46. The molecule has 0 saturated carbocycles. The van der Waals surface area contributed by atoms with Crippen molar-refractivity contribution in [2.24, 2.45) is 10.9 Å². The van der Waals surface area contributed by atoms with E-state index in [1.54, 1.807) is 6.34 Å². The summed E-state index contributed by atoms with van der Waals surface area (Å²) in [5, 5.41) is 2.73. The minimum atomic E-state index is -0.134. The fourth-order valence-corrected chi connectivity index (χ4v) is 4.65. The molecule has 3 heterocycles. The Balaban J connectivity index is 1.47. The Morgan fingerprint density at radius 3 is 2.72 bits per heavy atom. The zero-order valence-electron chi connectivity index (χ0n) is 17.7. The zero-order chi connectivity index (χ0) is 20.2. The number of rotatable bonds is 6. The van der Waals surface area contributed by atoms with Crippen LogP contribution in [-0.4, -0.2) is 81.1 Å². The molecule has 7 heteroatoms. The van der Waals surface area contributed by atoms with Crippen molar-refractivity contribution in [2.75, 3.05) is 46.9 Å². The molecule has 1 N–H and O–H groups in total. The summed E-state index contributed by atoms with van der Waals surface area (Å²) in [6, 6.07) is -0.134. The van der Waals surface area contributed by atoms with Crippen molar-refractivity contribution in [3.05, 3.63) is 23.1 Å². The molecule has 0 aromatic rings. The second-order valence-corrected chi connectivity index (χ2v) is 8.84. The number of aliphatic imine (C=N–C) groups is 1. The van der Waals surface area contributed by atoms with Crippen LogP contribution in [0.4, 0.5) is 0 Å². The minimum Gasteiger partial charge on any atom is -0.490 e. The molecule has 29 heavy (non-hydrogen) atoms. The summed E-state index contributed by atoms with van der Waals surface area (Å²) in [4.78, 5) is 21.8. The average molecular weight is 403 g/mol. The molecular formula is C22H34N4O3. The summed E-state index contributed by atoms with van der Waals surface area (Å²) < 4.78 is 11.8. The van der Waals surface area contributed by atoms with E-state index in [1.807, 2.05) is 0 Å². The van der Waals surface area contributed by atoms with Crippen LogP contribution in [0.15, 0.2) is 28.1 Å². The predicted molar refractivity (Wildman–Crippen MR) is 113 cm³/mol. The summed E-state index contributed by atoms with van der Waals surface area (Å²) in [5.74, 6) is 1.44. The normalized spacial score (nSPS) is 26.4. The largest absolute Gasteiger partial charge is 0.490 e. The number of hydrogen-bond donors (Lipinski definition) is 1. The van der Waals surface area contributed by atoms with Crippen LogP contribution in [0.25, 0.3) is 0 Å². The van der Waals surface area contributed by atoms with E-state index < -0.39 is 0 Å². The topological polar surface area (TPSA) is 66.4 Å². The van der Waals surface area contributed by atoms with Gasteiger partial charge in [0.2, 0.25) is 0 Å². The molecule has 2 fully saturated rings. The quantitative estimate of drug-likeness (QED) is 0.735. The molecule has 1 aliphatic carbocycles. The molecule has 4 aliphatic rings. The molecule has 0 aromatic heterocycles. The Kier molecular flexibility index (Phi) is 6.55. The number of carbonyl (C=O) groups is 1. The van der Waals surface area contributed by atoms with Crippen LogP contribution < -0.4 is 5.32 Å². The lowest BCUT2D eigenvalue weighted by atomic mass is 9.89. The zero-order valence-corrected chi connectivity index (χ0v) is 17.7. The Labute approximate surface area is 173 Å². The first-order valence-corrected chi connectivity index (χ1v) is 11.0. The molecule has 160 valence electrons. The summed E-state index contributed by atoms with van der Waals surface area (Å²) in [7, 11) is 4.29. The van der Waals surface area contributed by atoms with Crippen LogP contribution in [0.2, 0.25) is 0 Å². The second-order valence-electron chi connectivity index (χ2n) is 8.84. The maximum atomic E-state index is 12.5. The van der Waals surface area contributed by atoms with Crippen molar-refractivity contribution in [3.63, 3.8) is 0 Å². The Morgan fingerprint density at radius 1 is 1.24 bits per heavy atom. The summed E-state index contributed by atoms with van der Waals surface area (Å²) >= 11 is 0. The number of hydrogen-bond acceptors (Lipinski definition) is 6. The van der Waals surface area contributed by atoms with E-state index in [2.05, 4.69) is 40.3 Å². The van der Waals surface area contributed by atoms with Gasteiger partial charge in [0.25, 0.3) is 5.91 Å². The highest BCUT2D eigenvalue weighted by Crippen LogP contribution is 2.34. The van der Waals surface area contributed by atoms with E-state index in [0.29, 0.717) is 11.3 Å². The van der Waals surface area contributed by atoms with Crippen LogP contribution >= 0.6 is 0 Å². The Hall–Kier alpha value is -1.86. The second kappa shape index (κ2) is 9.30. The Morgan fingerprint density at radius 2 is 2.00 bits per heavy atom. The number of nitrogens with one attached hydrogen (secondary N) is 1. The van der Waals surface area contributed by atoms with Gasteiger partial charge in [-0.25, -0.2) is 0 Å². The first-order chi connectivity index (χ1) is 14.1. The smallest absolute Gasteiger partial charge is 0.258 e. The molecule has 1 amide bonds. The van der Waals surface area contributed by atoms with Gasteiger partial charge in [-0.15, -0.1) is 0 Å². The number of ether oxygens (including phenoxy) is 2. The number of amides is 1. The number of likely N-dealkylation sites (tertiary alicyclic amines) is 1. The third-order valence-corrected chi connectivity index (χ3v) is 6.46. The number of allylic oxidation sites excluding steroid dienone is 1. The maximum Gasteiger partial charge on any atom is 0.258 e. The maximum absolute atomic E-state index is 12.5. The predicted octanol–water partition coefficient (Wildman–Crippen LogP) is 1.91. The van der Waals surface area contributed by atoms with Gasteiger partial charge in [0.1, 0.15) is 11.9 Å². The molecular weight excluding hydrogens is 368 g/mol. The molecule has 1 atom stereocenters. The van der Waals surface area contributed by atoms with Crippen molar-refractivity contribution in [3.8, 4) is 0 Å². The van der Waals surface area contributed by atoms with E-state index in [-0.39, 0.29) is 18.1 Å². The average Bonchev–Trinajstić information content (AvgIpc) is 2.73. The van der Waals surface area contributed by atoms with Crippen LogP contribution in [-0.2, 0) is 14.3 Å². The summed E-state index contributed by atoms with van der Waals surface area (Å²) in [5.41, 5.74) is 1.95. The molecule has 0 aromatic carbocycles. The highest BCUT2D eigenvalue weighted by molar-refractivity contribution is 6.04. The third kappa shape index (κ3) is 5.01. The van der Waals surface area contributed by atoms with Gasteiger partial charge >= 0.3 is 0 Å². The van der Waals surface area contributed by atoms with E-state index in [9.17, 15) is 4.79 Å². The van der Waals surface area contributed by atoms with Gasteiger partial charge in [0.15, 0.2) is 0 Å². The van der Waals surface area contributed by atoms with E-state index in [0.717, 1.165) is 58.0 Å². The fourth-order valence-electron chi connectivity index (χ4n) is 4.65. The highest BCUT2D eigenvalue weighted by Gasteiger charge is 2.35. The van der Waals surface area contributed by atoms with Crippen molar-refractivity contribution in [1.82, 2.24) is 15.1 Å². The van der Waals surface area contributed by atoms with Crippen LogP contribution in [0.1, 0.15) is 38.5 Å². The van der Waals surface area contributed by atoms with Crippen molar-refractivity contribution < 1.29 is 14.3 Å². The lowest BCUT2D eigenvalue weighted by Gasteiger charge is -2.39. The van der Waals surface area contributed by atoms with E-state index in [4.69, 9.17) is 9.47 Å². The van der Waals surface area contributed by atoms with Gasteiger partial charge < -0.3 is 24.6 Å². The summed E-state index contributed by atoms with van der Waals surface area (Å²) in [6.45, 7) is 4.75. The first-order valence-electron chi connectivity index (χ1n) is 11.0. The highest BCUT2D eigenvalue weighted by atomic mass is 16.5. The number of fused-ring (bicyclic) bond motifs is 1. The molecule has 7 nitrogen and oxygen atoms in total. The van der Waals surface area contributed by atoms with Crippen molar-refractivity contribution >= 4 is 12.2 Å². The molecule has 3 aliphatic heterocycles. The molecule has 0 spiro atoms. The van der Waals surface area contributed by atoms with Crippen molar-refractivity contribution in [1.29, 1.82) is 0 Å². The number of piperidine rings is 1. The molecule has 2 saturated heterocycles. The molecule has 0 radical (unpaired) electrons. The lowest BCUT2D eigenvalue weighted by molar-refractivity contribution is -0.117. The van der Waals surface area contributed by atoms with Crippen LogP contribution in [0.3, 0.4) is 0 Å². The molecule has 0 bridgehead atoms. The lowest BCUT2D eigenvalue weighted by Crippen LogP contribution is -2.41. The Bertz CT molecular complexity index is 686. The van der Waals surface area contributed by atoms with Gasteiger partial charge in [-0.1, -0.05) is 0 Å². The molecule has 4 rings (SSSR count). The minimum absolute atomic E-state index is 0.0789. The standard InChI is InChI=1S/C22H34N4O3/c1-25(2)8-3-16-4-9-26(10-5-16)17-13-19-21(22(27)24-15-23-19)20(14-17)29-18-6-11-28-12-7-18/h14-16,18-19H,3-13H2,1-2H3,(H,23,24,27). The van der Waals surface area contributed by atoms with E-state index >= 15 is 0 Å². The number of nitrogens with zero attached hydrogens (tertiary/aromatic N) is 3. The van der Waals surface area contributed by atoms with Crippen molar-refractivity contribution in [2.45, 2.75) is 50.7 Å². The van der Waals surface area contributed by atoms with Gasteiger partial charge in [-0.2, -0.15) is 0 Å². The van der Waals surface area contributed by atoms with Gasteiger partial charge in [0.05, 0.1) is 31.2 Å². The van der Waals surface area contributed by atoms with Gasteiger partial charge in [-0.05, 0) is 51.9 Å². The van der Waals surface area contributed by atoms with Gasteiger partial charge in [-0.3, -0.25) is 9.79 Å². The summed E-state index contributed by atoms with van der Waals surface area (Å²) in [6.07, 6.45) is 10.0. The SMILES string of the molecule is CN(C)CCC1CCN(C2=CC(OC3CCOCC3)=C3C(=O)NC=NC3C2)CC1. The van der Waals surface area contributed by atoms with Crippen LogP contribution in [0, 0.1) is 5.92 Å². The number of carbonyl (C=O) groups excluding carboxylic acids is 1. The first kappa shape index (κ1) is 20.4. The van der Waals surface area contributed by atoms with Gasteiger partial charge in [0, 0.05) is 38.0 Å². The van der Waals surface area contributed by atoms with E-state index in [1.165, 1.54) is 25.0 Å². The monoisotopic (exact) mass is 402 g/mol.